The van der Waals surface area contributed by atoms with Gasteiger partial charge in [-0.05, 0) is 42.8 Å². The highest BCUT2D eigenvalue weighted by molar-refractivity contribution is 5.96. The summed E-state index contributed by atoms with van der Waals surface area (Å²) < 4.78 is 15.3. The highest BCUT2D eigenvalue weighted by Gasteiger charge is 2.12. The van der Waals surface area contributed by atoms with Crippen molar-refractivity contribution in [1.29, 1.82) is 0 Å². The Labute approximate surface area is 150 Å². The molecule has 0 spiro atoms. The van der Waals surface area contributed by atoms with Gasteiger partial charge < -0.3 is 19.5 Å². The lowest BCUT2D eigenvalue weighted by Gasteiger charge is -2.12. The number of hydrogen-bond acceptors (Lipinski definition) is 6. The van der Waals surface area contributed by atoms with E-state index in [-0.39, 0.29) is 6.61 Å². The monoisotopic (exact) mass is 357 g/mol. The Kier molecular flexibility index (Phi) is 6.32. The molecule has 0 aliphatic carbocycles. The van der Waals surface area contributed by atoms with Gasteiger partial charge in [0.15, 0.2) is 18.1 Å². The first kappa shape index (κ1) is 19.0. The van der Waals surface area contributed by atoms with Crippen molar-refractivity contribution in [3.8, 4) is 11.5 Å². The molecule has 7 heteroatoms. The van der Waals surface area contributed by atoms with Crippen LogP contribution in [0.1, 0.15) is 26.3 Å². The van der Waals surface area contributed by atoms with E-state index < -0.39 is 11.9 Å². The number of aryl methyl sites for hydroxylation is 1. The highest BCUT2D eigenvalue weighted by atomic mass is 16.5. The van der Waals surface area contributed by atoms with Crippen molar-refractivity contribution in [1.82, 2.24) is 0 Å². The van der Waals surface area contributed by atoms with E-state index in [0.29, 0.717) is 34.6 Å². The van der Waals surface area contributed by atoms with Crippen molar-refractivity contribution in [3.63, 3.8) is 0 Å². The zero-order chi connectivity index (χ0) is 19.1. The number of esters is 1. The third-order valence-electron chi connectivity index (χ3n) is 3.62. The first-order valence-electron chi connectivity index (χ1n) is 7.73. The van der Waals surface area contributed by atoms with Gasteiger partial charge in [-0.3, -0.25) is 9.59 Å². The smallest absolute Gasteiger partial charge is 0.337 e. The van der Waals surface area contributed by atoms with Crippen molar-refractivity contribution in [3.05, 3.63) is 53.1 Å². The van der Waals surface area contributed by atoms with Crippen LogP contribution in [-0.2, 0) is 9.53 Å². The van der Waals surface area contributed by atoms with Crippen LogP contribution in [0.2, 0.25) is 0 Å². The minimum atomic E-state index is -0.489. The van der Waals surface area contributed by atoms with E-state index in [2.05, 4.69) is 10.1 Å². The lowest BCUT2D eigenvalue weighted by molar-refractivity contribution is -0.118. The molecule has 136 valence electrons. The molecule has 2 rings (SSSR count). The van der Waals surface area contributed by atoms with E-state index in [1.165, 1.54) is 20.3 Å². The van der Waals surface area contributed by atoms with Crippen molar-refractivity contribution in [2.24, 2.45) is 0 Å². The molecule has 0 aliphatic rings. The van der Waals surface area contributed by atoms with E-state index in [0.717, 1.165) is 5.56 Å². The van der Waals surface area contributed by atoms with Gasteiger partial charge in [-0.15, -0.1) is 0 Å². The molecule has 0 aliphatic heterocycles. The van der Waals surface area contributed by atoms with E-state index in [9.17, 15) is 14.4 Å². The van der Waals surface area contributed by atoms with Gasteiger partial charge in [0.1, 0.15) is 6.29 Å². The quantitative estimate of drug-likeness (QED) is 0.605. The van der Waals surface area contributed by atoms with Crippen LogP contribution in [0.3, 0.4) is 0 Å². The second-order valence-electron chi connectivity index (χ2n) is 5.39. The van der Waals surface area contributed by atoms with Gasteiger partial charge in [0.2, 0.25) is 0 Å². The Morgan fingerprint density at radius 3 is 2.50 bits per heavy atom. The van der Waals surface area contributed by atoms with Crippen molar-refractivity contribution in [2.75, 3.05) is 26.1 Å². The predicted octanol–water partition coefficient (Wildman–Crippen LogP) is 2.62. The van der Waals surface area contributed by atoms with Gasteiger partial charge in [-0.25, -0.2) is 4.79 Å². The third kappa shape index (κ3) is 4.60. The average Bonchev–Trinajstić information content (AvgIpc) is 2.67. The van der Waals surface area contributed by atoms with Crippen LogP contribution >= 0.6 is 0 Å². The summed E-state index contributed by atoms with van der Waals surface area (Å²) in [6.07, 6.45) is 0.691. The minimum Gasteiger partial charge on any atom is -0.493 e. The van der Waals surface area contributed by atoms with Crippen LogP contribution in [0.5, 0.6) is 11.5 Å². The first-order chi connectivity index (χ1) is 12.5. The number of carbonyl (C=O) groups is 3. The number of nitrogens with one attached hydrogen (secondary N) is 1. The Balaban J connectivity index is 2.06. The molecule has 0 bridgehead atoms. The van der Waals surface area contributed by atoms with Gasteiger partial charge in [0.05, 0.1) is 19.8 Å². The predicted molar refractivity (Wildman–Crippen MR) is 95.0 cm³/mol. The van der Waals surface area contributed by atoms with E-state index in [1.54, 1.807) is 37.3 Å². The molecular formula is C19H19NO6. The number of benzene rings is 2. The molecule has 0 unspecified atom stereocenters. The fraction of sp³-hybridized carbons (Fsp3) is 0.211. The third-order valence-corrected chi connectivity index (χ3v) is 3.62. The number of ether oxygens (including phenoxy) is 3. The molecule has 0 saturated heterocycles. The largest absolute Gasteiger partial charge is 0.493 e. The zero-order valence-corrected chi connectivity index (χ0v) is 14.7. The van der Waals surface area contributed by atoms with Crippen LogP contribution in [0.25, 0.3) is 0 Å². The van der Waals surface area contributed by atoms with Crippen LogP contribution < -0.4 is 14.8 Å². The standard InChI is InChI=1S/C19H19NO6/c1-12-4-6-14(19(23)25-3)9-15(12)20-18(22)11-26-16-7-5-13(10-21)8-17(16)24-2/h4-10H,11H2,1-3H3,(H,20,22). The number of hydrogen-bond donors (Lipinski definition) is 1. The Morgan fingerprint density at radius 2 is 1.85 bits per heavy atom. The summed E-state index contributed by atoms with van der Waals surface area (Å²) in [6.45, 7) is 1.54. The molecule has 7 nitrogen and oxygen atoms in total. The normalized spacial score (nSPS) is 9.96. The lowest BCUT2D eigenvalue weighted by Crippen LogP contribution is -2.21. The summed E-state index contributed by atoms with van der Waals surface area (Å²) in [5.41, 5.74) is 2.05. The summed E-state index contributed by atoms with van der Waals surface area (Å²) in [7, 11) is 2.73. The van der Waals surface area contributed by atoms with Gasteiger partial charge in [-0.1, -0.05) is 6.07 Å². The van der Waals surface area contributed by atoms with Crippen molar-refractivity contribution in [2.45, 2.75) is 6.92 Å². The van der Waals surface area contributed by atoms with E-state index in [4.69, 9.17) is 9.47 Å². The molecule has 2 aromatic rings. The SMILES string of the molecule is COC(=O)c1ccc(C)c(NC(=O)COc2ccc(C=O)cc2OC)c1. The van der Waals surface area contributed by atoms with Gasteiger partial charge in [-0.2, -0.15) is 0 Å². The summed E-state index contributed by atoms with van der Waals surface area (Å²) in [5.74, 6) is -0.201. The fourth-order valence-electron chi connectivity index (χ4n) is 2.21. The molecule has 1 N–H and O–H groups in total. The van der Waals surface area contributed by atoms with Crippen LogP contribution in [0.15, 0.2) is 36.4 Å². The highest BCUT2D eigenvalue weighted by Crippen LogP contribution is 2.27. The number of amides is 1. The number of rotatable bonds is 7. The maximum atomic E-state index is 12.2. The topological polar surface area (TPSA) is 90.9 Å². The number of carbonyl (C=O) groups excluding carboxylic acids is 3. The average molecular weight is 357 g/mol. The Hall–Kier alpha value is -3.35. The fourth-order valence-corrected chi connectivity index (χ4v) is 2.21. The maximum absolute atomic E-state index is 12.2. The van der Waals surface area contributed by atoms with E-state index >= 15 is 0 Å². The molecule has 26 heavy (non-hydrogen) atoms. The molecule has 0 saturated carbocycles. The van der Waals surface area contributed by atoms with Gasteiger partial charge >= 0.3 is 5.97 Å². The zero-order valence-electron chi connectivity index (χ0n) is 14.7. The summed E-state index contributed by atoms with van der Waals surface area (Å²) in [4.78, 5) is 34.6. The van der Waals surface area contributed by atoms with Crippen LogP contribution in [-0.4, -0.2) is 39.0 Å². The Bertz CT molecular complexity index is 831. The van der Waals surface area contributed by atoms with E-state index in [1.807, 2.05) is 0 Å². The first-order valence-corrected chi connectivity index (χ1v) is 7.73. The van der Waals surface area contributed by atoms with Gasteiger partial charge in [0, 0.05) is 11.3 Å². The number of methoxy groups -OCH3 is 2. The molecule has 0 heterocycles. The van der Waals surface area contributed by atoms with Gasteiger partial charge in [0.25, 0.3) is 5.91 Å². The molecule has 0 atom stereocenters. The molecule has 0 aromatic heterocycles. The molecule has 0 radical (unpaired) electrons. The maximum Gasteiger partial charge on any atom is 0.337 e. The summed E-state index contributed by atoms with van der Waals surface area (Å²) in [6, 6.07) is 9.51. The second-order valence-corrected chi connectivity index (χ2v) is 5.39. The molecule has 0 fully saturated rings. The summed E-state index contributed by atoms with van der Waals surface area (Å²) >= 11 is 0. The number of aldehydes is 1. The summed E-state index contributed by atoms with van der Waals surface area (Å²) in [5, 5.41) is 2.69. The van der Waals surface area contributed by atoms with Crippen molar-refractivity contribution >= 4 is 23.9 Å². The Morgan fingerprint density at radius 1 is 1.08 bits per heavy atom. The van der Waals surface area contributed by atoms with Crippen LogP contribution in [0.4, 0.5) is 5.69 Å². The minimum absolute atomic E-state index is 0.265. The second kappa shape index (κ2) is 8.66. The lowest BCUT2D eigenvalue weighted by atomic mass is 10.1. The van der Waals surface area contributed by atoms with Crippen molar-refractivity contribution < 1.29 is 28.6 Å². The molecular weight excluding hydrogens is 338 g/mol. The molecule has 1 amide bonds. The molecule has 2 aromatic carbocycles. The van der Waals surface area contributed by atoms with Crippen LogP contribution in [0, 0.1) is 6.92 Å². The number of anilines is 1.